The second kappa shape index (κ2) is 12.4. The van der Waals surface area contributed by atoms with Gasteiger partial charge in [-0.2, -0.15) is 0 Å². The smallest absolute Gasteiger partial charge is 0.264 e. The Kier molecular flexibility index (Phi) is 8.94. The van der Waals surface area contributed by atoms with Gasteiger partial charge in [0, 0.05) is 55.3 Å². The molecule has 0 aromatic heterocycles. The third-order valence-electron chi connectivity index (χ3n) is 9.23. The van der Waals surface area contributed by atoms with E-state index in [1.807, 2.05) is 68.5 Å². The van der Waals surface area contributed by atoms with Gasteiger partial charge in [-0.15, -0.1) is 6.58 Å². The maximum absolute atomic E-state index is 14.4. The molecular formula is C33H43N3O6Si. The van der Waals surface area contributed by atoms with E-state index in [9.17, 15) is 24.3 Å². The van der Waals surface area contributed by atoms with Crippen molar-refractivity contribution >= 4 is 37.4 Å². The van der Waals surface area contributed by atoms with E-state index in [0.29, 0.717) is 30.8 Å². The van der Waals surface area contributed by atoms with Crippen LogP contribution in [0, 0.1) is 5.92 Å². The average molecular weight is 606 g/mol. The van der Waals surface area contributed by atoms with Gasteiger partial charge in [0.15, 0.2) is 13.9 Å². The summed E-state index contributed by atoms with van der Waals surface area (Å²) in [6.45, 7) is 10.7. The number of rotatable bonds is 10. The van der Waals surface area contributed by atoms with Crippen molar-refractivity contribution in [2.45, 2.75) is 69.5 Å². The van der Waals surface area contributed by atoms with Gasteiger partial charge >= 0.3 is 0 Å². The van der Waals surface area contributed by atoms with E-state index in [-0.39, 0.29) is 43.8 Å². The molecule has 0 saturated carbocycles. The molecular weight excluding hydrogens is 562 g/mol. The summed E-state index contributed by atoms with van der Waals surface area (Å²) in [5, 5.41) is 9.75. The summed E-state index contributed by atoms with van der Waals surface area (Å²) in [5.41, 5.74) is 1.17. The monoisotopic (exact) mass is 605 g/mol. The van der Waals surface area contributed by atoms with Crippen molar-refractivity contribution in [3.05, 3.63) is 72.3 Å². The van der Waals surface area contributed by atoms with Crippen LogP contribution in [0.1, 0.15) is 43.7 Å². The molecule has 2 aromatic rings. The van der Waals surface area contributed by atoms with Crippen LogP contribution in [0.25, 0.3) is 0 Å². The predicted molar refractivity (Wildman–Crippen MR) is 168 cm³/mol. The molecule has 230 valence electrons. The Labute approximate surface area is 254 Å². The highest BCUT2D eigenvalue weighted by atomic mass is 28.4. The van der Waals surface area contributed by atoms with Crippen LogP contribution in [-0.4, -0.2) is 73.2 Å². The van der Waals surface area contributed by atoms with E-state index in [0.717, 1.165) is 24.1 Å². The molecule has 2 saturated heterocycles. The molecule has 3 heterocycles. The van der Waals surface area contributed by atoms with Crippen LogP contribution >= 0.6 is 0 Å². The topological polar surface area (TPSA) is 111 Å². The SMILES string of the molecule is C=CCN1C(=O)[C@@]2(O[C@@H](CC(=O)N(CCO)Cc3ccccc3)[C@H]([Si](C)(C)O)[C@H]2C)c2cc(N3CCCCC3=O)ccc21. The summed E-state index contributed by atoms with van der Waals surface area (Å²) in [6.07, 6.45) is 3.18. The number of nitrogens with zero attached hydrogens (tertiary/aromatic N) is 3. The van der Waals surface area contributed by atoms with Gasteiger partial charge in [-0.3, -0.25) is 14.4 Å². The van der Waals surface area contributed by atoms with Crippen molar-refractivity contribution in [1.82, 2.24) is 4.90 Å². The van der Waals surface area contributed by atoms with Crippen molar-refractivity contribution in [2.75, 3.05) is 36.0 Å². The van der Waals surface area contributed by atoms with Gasteiger partial charge in [0.25, 0.3) is 5.91 Å². The zero-order valence-electron chi connectivity index (χ0n) is 25.4. The molecule has 1 spiro atoms. The fourth-order valence-electron chi connectivity index (χ4n) is 7.34. The molecule has 0 unspecified atom stereocenters. The molecule has 2 N–H and O–H groups in total. The third kappa shape index (κ3) is 5.69. The van der Waals surface area contributed by atoms with E-state index in [1.165, 1.54) is 0 Å². The first-order chi connectivity index (χ1) is 20.5. The molecule has 0 radical (unpaired) electrons. The van der Waals surface area contributed by atoms with Gasteiger partial charge in [0.05, 0.1) is 24.8 Å². The van der Waals surface area contributed by atoms with E-state index in [4.69, 9.17) is 4.74 Å². The van der Waals surface area contributed by atoms with Gasteiger partial charge in [0.1, 0.15) is 0 Å². The van der Waals surface area contributed by atoms with Crippen molar-refractivity contribution in [2.24, 2.45) is 5.92 Å². The van der Waals surface area contributed by atoms with Crippen molar-refractivity contribution in [1.29, 1.82) is 0 Å². The minimum absolute atomic E-state index is 0.0328. The van der Waals surface area contributed by atoms with Crippen molar-refractivity contribution < 1.29 is 29.0 Å². The van der Waals surface area contributed by atoms with Gasteiger partial charge < -0.3 is 29.3 Å². The number of carbonyl (C=O) groups excluding carboxylic acids is 3. The molecule has 9 nitrogen and oxygen atoms in total. The number of hydrogen-bond donors (Lipinski definition) is 2. The van der Waals surface area contributed by atoms with Gasteiger partial charge in [-0.05, 0) is 49.7 Å². The second-order valence-corrected chi connectivity index (χ2v) is 16.5. The van der Waals surface area contributed by atoms with Gasteiger partial charge in [0.2, 0.25) is 11.8 Å². The number of ether oxygens (including phenoxy) is 1. The Morgan fingerprint density at radius 2 is 1.93 bits per heavy atom. The number of anilines is 2. The lowest BCUT2D eigenvalue weighted by Crippen LogP contribution is -2.46. The summed E-state index contributed by atoms with van der Waals surface area (Å²) in [4.78, 5) is 57.6. The average Bonchev–Trinajstić information content (AvgIpc) is 3.40. The van der Waals surface area contributed by atoms with Crippen LogP contribution in [-0.2, 0) is 31.3 Å². The summed E-state index contributed by atoms with van der Waals surface area (Å²) in [7, 11) is -2.99. The van der Waals surface area contributed by atoms with Crippen molar-refractivity contribution in [3.63, 3.8) is 0 Å². The molecule has 0 aliphatic carbocycles. The number of piperidine rings is 1. The summed E-state index contributed by atoms with van der Waals surface area (Å²) in [6, 6.07) is 15.2. The molecule has 3 aliphatic heterocycles. The summed E-state index contributed by atoms with van der Waals surface area (Å²) in [5.74, 6) is -0.838. The lowest BCUT2D eigenvalue weighted by atomic mass is 9.82. The van der Waals surface area contributed by atoms with Crippen LogP contribution < -0.4 is 9.80 Å². The Hall–Kier alpha value is -3.31. The number of aliphatic hydroxyl groups is 1. The molecule has 2 fully saturated rings. The first-order valence-electron chi connectivity index (χ1n) is 15.2. The highest BCUT2D eigenvalue weighted by molar-refractivity contribution is 6.71. The van der Waals surface area contributed by atoms with Gasteiger partial charge in [-0.1, -0.05) is 43.3 Å². The first-order valence-corrected chi connectivity index (χ1v) is 18.3. The quantitative estimate of drug-likeness (QED) is 0.314. The fraction of sp³-hybridized carbons (Fsp3) is 0.485. The van der Waals surface area contributed by atoms with Crippen molar-refractivity contribution in [3.8, 4) is 0 Å². The summed E-state index contributed by atoms with van der Waals surface area (Å²) >= 11 is 0. The van der Waals surface area contributed by atoms with Gasteiger partial charge in [-0.25, -0.2) is 0 Å². The summed E-state index contributed by atoms with van der Waals surface area (Å²) < 4.78 is 6.83. The zero-order valence-corrected chi connectivity index (χ0v) is 26.4. The lowest BCUT2D eigenvalue weighted by molar-refractivity contribution is -0.149. The van der Waals surface area contributed by atoms with E-state index in [1.54, 1.807) is 20.8 Å². The Morgan fingerprint density at radius 1 is 1.19 bits per heavy atom. The molecule has 3 amide bonds. The first kappa shape index (κ1) is 31.1. The van der Waals surface area contributed by atoms with Crippen LogP contribution in [0.4, 0.5) is 11.4 Å². The van der Waals surface area contributed by atoms with E-state index >= 15 is 0 Å². The van der Waals surface area contributed by atoms with Crippen LogP contribution in [0.3, 0.4) is 0 Å². The molecule has 5 rings (SSSR count). The largest absolute Gasteiger partial charge is 0.432 e. The van der Waals surface area contributed by atoms with E-state index in [2.05, 4.69) is 6.58 Å². The molecule has 3 aliphatic rings. The molecule has 4 atom stereocenters. The number of hydrogen-bond acceptors (Lipinski definition) is 6. The Bertz CT molecular complexity index is 1380. The zero-order chi connectivity index (χ0) is 30.9. The minimum Gasteiger partial charge on any atom is -0.432 e. The number of benzene rings is 2. The maximum atomic E-state index is 14.4. The number of amides is 3. The molecule has 10 heteroatoms. The highest BCUT2D eigenvalue weighted by Crippen LogP contribution is 2.60. The Morgan fingerprint density at radius 3 is 2.58 bits per heavy atom. The Balaban J connectivity index is 1.53. The molecule has 0 bridgehead atoms. The standard InChI is InChI=1S/C33H43N3O6Si/c1-5-16-36-27-15-14-25(35-17-10-9-13-29(35)38)20-26(27)33(32(36)40)23(2)31(43(3,4)41)28(42-33)21-30(39)34(18-19-37)22-24-11-7-6-8-12-24/h5-8,11-12,14-15,20,23,28,31,37,41H,1,9-10,13,16-19,21-22H2,2-4H3/t23-,28+,31-,33+/m1/s1. The predicted octanol–water partition coefficient (Wildman–Crippen LogP) is 3.95. The molecule has 43 heavy (non-hydrogen) atoms. The fourth-order valence-corrected chi connectivity index (χ4v) is 9.89. The molecule has 2 aromatic carbocycles. The minimum atomic E-state index is -2.99. The number of carbonyl (C=O) groups is 3. The van der Waals surface area contributed by atoms with Crippen LogP contribution in [0.2, 0.25) is 18.6 Å². The van der Waals surface area contributed by atoms with Crippen LogP contribution in [0.5, 0.6) is 0 Å². The number of aliphatic hydroxyl groups excluding tert-OH is 1. The second-order valence-electron chi connectivity index (χ2n) is 12.5. The normalized spacial score (nSPS) is 25.4. The number of fused-ring (bicyclic) bond motifs is 2. The van der Waals surface area contributed by atoms with E-state index < -0.39 is 31.5 Å². The maximum Gasteiger partial charge on any atom is 0.264 e. The highest BCUT2D eigenvalue weighted by Gasteiger charge is 2.66. The third-order valence-corrected chi connectivity index (χ3v) is 11.7. The van der Waals surface area contributed by atoms with Crippen LogP contribution in [0.15, 0.2) is 61.2 Å². The lowest BCUT2D eigenvalue weighted by Gasteiger charge is -2.33.